The molecule has 0 saturated carbocycles. The van der Waals surface area contributed by atoms with Crippen molar-refractivity contribution in [1.29, 1.82) is 0 Å². The molecule has 0 radical (unpaired) electrons. The molecule has 0 spiro atoms. The van der Waals surface area contributed by atoms with Gasteiger partial charge in [0.25, 0.3) is 10.2 Å². The molecule has 0 aromatic heterocycles. The Morgan fingerprint density at radius 2 is 0.857 bits per heavy atom. The van der Waals surface area contributed by atoms with Gasteiger partial charge in [0.1, 0.15) is 0 Å². The summed E-state index contributed by atoms with van der Waals surface area (Å²) < 4.78 is 52.6. The number of halogens is 5. The molecule has 0 amide bonds. The Hall–Kier alpha value is -0.0000000000000000555. The number of hydrogen-bond donors (Lipinski definition) is 0. The van der Waals surface area contributed by atoms with Crippen molar-refractivity contribution < 1.29 is 19.4 Å². The first-order valence-electron chi connectivity index (χ1n) is 1.18. The highest BCUT2D eigenvalue weighted by Gasteiger charge is 2.57. The molecule has 0 N–H and O–H groups in total. The first-order valence-corrected chi connectivity index (χ1v) is 3.54. The normalized spacial score (nSPS) is 23.1. The summed E-state index contributed by atoms with van der Waals surface area (Å²) >= 11 is 0. The van der Waals surface area contributed by atoms with Gasteiger partial charge in [-0.15, -0.1) is 0 Å². The first-order chi connectivity index (χ1) is 2.45. The third-order valence-corrected chi connectivity index (χ3v) is 0. The van der Waals surface area contributed by atoms with Crippen LogP contribution in [0.4, 0.5) is 19.4 Å². The van der Waals surface area contributed by atoms with Crippen LogP contribution in [0, 0.1) is 0 Å². The van der Waals surface area contributed by atoms with E-state index in [4.69, 9.17) is 0 Å². The smallest absolute Gasteiger partial charge is 0.0981 e. The maximum atomic E-state index is 10.5. The molecular weight excluding hydrogens is 139 g/mol. The van der Waals surface area contributed by atoms with Gasteiger partial charge in [-0.1, -0.05) is 19.4 Å². The second kappa shape index (κ2) is 0.667. The van der Waals surface area contributed by atoms with E-state index in [-0.39, 0.29) is 0 Å². The molecule has 0 aliphatic heterocycles. The monoisotopic (exact) mass is 142 g/mol. The van der Waals surface area contributed by atoms with Crippen LogP contribution in [0.15, 0.2) is 0 Å². The van der Waals surface area contributed by atoms with Gasteiger partial charge in [-0.05, 0) is 0 Å². The van der Waals surface area contributed by atoms with E-state index >= 15 is 0 Å². The third kappa shape index (κ3) is 31200000000000001530127419694907392. The summed E-state index contributed by atoms with van der Waals surface area (Å²) in [5, 5.41) is 0. The Labute approximate surface area is 37.0 Å². The molecule has 0 unspecified atom stereocenters. The number of rotatable bonds is 0. The highest BCUT2D eigenvalue weighted by Crippen LogP contribution is 2.95. The molecule has 0 rings (SSSR count). The lowest BCUT2D eigenvalue weighted by Gasteiger charge is -2.35. The van der Waals surface area contributed by atoms with Crippen LogP contribution in [0.1, 0.15) is 0 Å². The lowest BCUT2D eigenvalue weighted by Crippen LogP contribution is -1.99. The zero-order valence-corrected chi connectivity index (χ0v) is 4.11. The Kier molecular flexibility index (Phi) is 0.667. The summed E-state index contributed by atoms with van der Waals surface area (Å²) in [6.45, 7) is 0. The van der Waals surface area contributed by atoms with E-state index in [0.717, 1.165) is 0 Å². The highest BCUT2D eigenvalue weighted by atomic mass is 32.5. The van der Waals surface area contributed by atoms with Crippen molar-refractivity contribution >= 4 is 10.2 Å². The van der Waals surface area contributed by atoms with Gasteiger partial charge in [-0.25, -0.2) is 0 Å². The van der Waals surface area contributed by atoms with Crippen LogP contribution < -0.4 is 0 Å². The fourth-order valence-electron chi connectivity index (χ4n) is 0. The minimum Gasteiger partial charge on any atom is -0.0981 e. The Balaban J connectivity index is 4.43. The molecule has 6 heteroatoms. The molecule has 0 aliphatic carbocycles. The Morgan fingerprint density at radius 3 is 0.857 bits per heavy atom. The fourth-order valence-corrected chi connectivity index (χ4v) is 0. The molecule has 0 bridgehead atoms. The molecule has 48 valence electrons. The highest BCUT2D eigenvalue weighted by molar-refractivity contribution is 8.45. The molecule has 0 nitrogen and oxygen atoms in total. The van der Waals surface area contributed by atoms with E-state index in [9.17, 15) is 19.4 Å². The zero-order valence-electron chi connectivity index (χ0n) is 3.30. The van der Waals surface area contributed by atoms with Gasteiger partial charge in [0.2, 0.25) is 0 Å². The van der Waals surface area contributed by atoms with Crippen LogP contribution in [-0.2, 0) is 0 Å². The number of hydrogen-bond acceptors (Lipinski definition) is 0. The van der Waals surface area contributed by atoms with E-state index in [1.807, 2.05) is 0 Å². The molecule has 0 heterocycles. The summed E-state index contributed by atoms with van der Waals surface area (Å²) in [7, 11) is -8.97. The molecular formula is CH3F5S. The topological polar surface area (TPSA) is 0 Å². The largest absolute Gasteiger partial charge is 0.283 e. The van der Waals surface area contributed by atoms with E-state index in [0.29, 0.717) is 0 Å². The van der Waals surface area contributed by atoms with Crippen molar-refractivity contribution in [2.75, 3.05) is 6.26 Å². The average molecular weight is 142 g/mol. The van der Waals surface area contributed by atoms with Crippen molar-refractivity contribution in [3.63, 3.8) is 0 Å². The standard InChI is InChI=1S/CH3F5S/c1-7(2,3,4,5)6/h1H3. The quantitative estimate of drug-likeness (QED) is 0.456. The minimum atomic E-state index is -8.97. The second-order valence-electron chi connectivity index (χ2n) is 1.35. The van der Waals surface area contributed by atoms with Crippen LogP contribution in [0.25, 0.3) is 0 Å². The molecule has 0 saturated heterocycles. The van der Waals surface area contributed by atoms with E-state index in [1.54, 1.807) is 0 Å². The van der Waals surface area contributed by atoms with Crippen molar-refractivity contribution in [2.24, 2.45) is 0 Å². The summed E-state index contributed by atoms with van der Waals surface area (Å²) in [4.78, 5) is 0. The maximum Gasteiger partial charge on any atom is 0.283 e. The van der Waals surface area contributed by atoms with Gasteiger partial charge in [-0.3, -0.25) is 0 Å². The zero-order chi connectivity index (χ0) is 6.41. The molecule has 0 atom stereocenters. The SMILES string of the molecule is CS(F)(F)(F)(F)F. The molecule has 0 aliphatic rings. The van der Waals surface area contributed by atoms with Crippen LogP contribution in [-0.4, -0.2) is 6.26 Å². The third-order valence-electron chi connectivity index (χ3n) is 0. The van der Waals surface area contributed by atoms with Gasteiger partial charge in [0.15, 0.2) is 0 Å². The average Bonchev–Trinajstić information content (AvgIpc) is 0.592. The Bertz CT molecular complexity index is 66.6. The van der Waals surface area contributed by atoms with Crippen LogP contribution in [0.3, 0.4) is 0 Å². The van der Waals surface area contributed by atoms with Gasteiger partial charge in [-0.2, -0.15) is 0 Å². The summed E-state index contributed by atoms with van der Waals surface area (Å²) in [6, 6.07) is 0. The van der Waals surface area contributed by atoms with Crippen LogP contribution in [0.2, 0.25) is 0 Å². The maximum absolute atomic E-state index is 10.5. The van der Waals surface area contributed by atoms with Crippen LogP contribution in [0.5, 0.6) is 0 Å². The van der Waals surface area contributed by atoms with Crippen molar-refractivity contribution in [3.05, 3.63) is 0 Å². The summed E-state index contributed by atoms with van der Waals surface area (Å²) in [5.41, 5.74) is 0. The fraction of sp³-hybridized carbons (Fsp3) is 1.00. The predicted octanol–water partition coefficient (Wildman–Crippen LogP) is 2.91. The lowest BCUT2D eigenvalue weighted by molar-refractivity contribution is 0.377. The second-order valence-corrected chi connectivity index (χ2v) is 4.06. The Morgan fingerprint density at radius 1 is 0.857 bits per heavy atom. The van der Waals surface area contributed by atoms with Gasteiger partial charge < -0.3 is 0 Å². The van der Waals surface area contributed by atoms with Crippen LogP contribution >= 0.6 is 10.2 Å². The lowest BCUT2D eigenvalue weighted by atomic mass is 12.0. The molecule has 0 aromatic rings. The van der Waals surface area contributed by atoms with E-state index < -0.39 is 16.5 Å². The van der Waals surface area contributed by atoms with Crippen molar-refractivity contribution in [1.82, 2.24) is 0 Å². The summed E-state index contributed by atoms with van der Waals surface area (Å²) in [5.74, 6) is 0. The van der Waals surface area contributed by atoms with Gasteiger partial charge >= 0.3 is 0 Å². The molecule has 7 heavy (non-hydrogen) atoms. The summed E-state index contributed by atoms with van der Waals surface area (Å²) in [6.07, 6.45) is -0.986. The first kappa shape index (κ1) is 7.00. The molecule has 0 aromatic carbocycles. The van der Waals surface area contributed by atoms with Gasteiger partial charge in [0.05, 0.1) is 6.26 Å². The van der Waals surface area contributed by atoms with Gasteiger partial charge in [0, 0.05) is 0 Å². The predicted molar refractivity (Wildman–Crippen MR) is 19.1 cm³/mol. The van der Waals surface area contributed by atoms with E-state index in [2.05, 4.69) is 0 Å². The van der Waals surface area contributed by atoms with Crippen molar-refractivity contribution in [3.8, 4) is 0 Å². The minimum absolute atomic E-state index is 0.986. The molecule has 0 fully saturated rings. The van der Waals surface area contributed by atoms with Crippen molar-refractivity contribution in [2.45, 2.75) is 0 Å². The van der Waals surface area contributed by atoms with E-state index in [1.165, 1.54) is 0 Å².